The van der Waals surface area contributed by atoms with E-state index in [1.54, 1.807) is 6.92 Å². The van der Waals surface area contributed by atoms with E-state index >= 15 is 0 Å². The fourth-order valence-electron chi connectivity index (χ4n) is 2.10. The highest BCUT2D eigenvalue weighted by Crippen LogP contribution is 2.34. The highest BCUT2D eigenvalue weighted by molar-refractivity contribution is 5.74. The summed E-state index contributed by atoms with van der Waals surface area (Å²) in [5.41, 5.74) is 0.701. The van der Waals surface area contributed by atoms with Crippen molar-refractivity contribution in [3.8, 4) is 0 Å². The van der Waals surface area contributed by atoms with Gasteiger partial charge in [0, 0.05) is 32.4 Å². The average Bonchev–Trinajstić information content (AvgIpc) is 2.64. The van der Waals surface area contributed by atoms with Gasteiger partial charge < -0.3 is 15.4 Å². The maximum atomic E-state index is 13.0. The maximum Gasteiger partial charge on any atom is 0.315 e. The summed E-state index contributed by atoms with van der Waals surface area (Å²) in [4.78, 5) is 11.6. The average molecular weight is 306 g/mol. The van der Waals surface area contributed by atoms with E-state index in [-0.39, 0.29) is 31.6 Å². The number of carbonyl (C=O) groups is 1. The molecule has 1 rings (SSSR count). The third-order valence-corrected chi connectivity index (χ3v) is 2.99. The van der Waals surface area contributed by atoms with Crippen molar-refractivity contribution in [1.29, 1.82) is 0 Å². The third kappa shape index (κ3) is 7.06. The minimum atomic E-state index is -2.69. The third-order valence-electron chi connectivity index (χ3n) is 2.99. The topological polar surface area (TPSA) is 50.4 Å². The van der Waals surface area contributed by atoms with Gasteiger partial charge in [-0.05, 0) is 19.4 Å². The minimum Gasteiger partial charge on any atom is -0.461 e. The first-order chi connectivity index (χ1) is 9.68. The lowest BCUT2D eigenvalue weighted by Crippen LogP contribution is -2.42. The van der Waals surface area contributed by atoms with Crippen molar-refractivity contribution in [2.75, 3.05) is 6.54 Å². The van der Waals surface area contributed by atoms with Crippen LogP contribution in [-0.4, -0.2) is 30.9 Å². The van der Waals surface area contributed by atoms with Crippen LogP contribution in [-0.2, 0) is 4.74 Å². The summed E-state index contributed by atoms with van der Waals surface area (Å²) >= 11 is 0. The molecule has 1 aliphatic carbocycles. The van der Waals surface area contributed by atoms with E-state index < -0.39 is 24.4 Å². The quantitative estimate of drug-likeness (QED) is 0.584. The number of alkyl halides is 3. The molecule has 0 aromatic heterocycles. The molecule has 0 aromatic rings. The number of carbonyl (C=O) groups excluding carboxylic acids is 1. The summed E-state index contributed by atoms with van der Waals surface area (Å²) in [5, 5.41) is 5.05. The highest BCUT2D eigenvalue weighted by atomic mass is 19.3. The summed E-state index contributed by atoms with van der Waals surface area (Å²) in [6.07, 6.45) is -0.209. The van der Waals surface area contributed by atoms with Crippen LogP contribution in [0.25, 0.3) is 0 Å². The Morgan fingerprint density at radius 1 is 1.57 bits per heavy atom. The molecule has 0 heterocycles. The SMILES string of the molecule is C=C(/C=C(\C)CNC(=O)NC1CCC(F)(F)C1)OC(C)F. The van der Waals surface area contributed by atoms with Crippen molar-refractivity contribution in [3.05, 3.63) is 24.0 Å². The van der Waals surface area contributed by atoms with Gasteiger partial charge in [-0.25, -0.2) is 18.0 Å². The molecule has 2 amide bonds. The van der Waals surface area contributed by atoms with Gasteiger partial charge in [-0.3, -0.25) is 0 Å². The predicted octanol–water partition coefficient (Wildman–Crippen LogP) is 3.27. The summed E-state index contributed by atoms with van der Waals surface area (Å²) in [6.45, 7) is 6.65. The number of hydrogen-bond acceptors (Lipinski definition) is 2. The molecular weight excluding hydrogens is 285 g/mol. The van der Waals surface area contributed by atoms with Gasteiger partial charge in [0.05, 0.1) is 0 Å². The molecule has 21 heavy (non-hydrogen) atoms. The van der Waals surface area contributed by atoms with Crippen molar-refractivity contribution >= 4 is 6.03 Å². The molecule has 2 N–H and O–H groups in total. The molecule has 120 valence electrons. The molecule has 0 aromatic carbocycles. The minimum absolute atomic E-state index is 0.153. The van der Waals surface area contributed by atoms with Crippen LogP contribution in [0.3, 0.4) is 0 Å². The summed E-state index contributed by atoms with van der Waals surface area (Å²) in [6, 6.07) is -1.01. The number of allylic oxidation sites excluding steroid dienone is 1. The van der Waals surface area contributed by atoms with Gasteiger partial charge in [0.1, 0.15) is 5.76 Å². The maximum absolute atomic E-state index is 13.0. The molecule has 0 aliphatic heterocycles. The van der Waals surface area contributed by atoms with Crippen LogP contribution in [0, 0.1) is 0 Å². The number of ether oxygens (including phenoxy) is 1. The van der Waals surface area contributed by atoms with Crippen LogP contribution >= 0.6 is 0 Å². The number of urea groups is 1. The summed E-state index contributed by atoms with van der Waals surface area (Å²) in [7, 11) is 0. The van der Waals surface area contributed by atoms with E-state index in [0.29, 0.717) is 5.57 Å². The van der Waals surface area contributed by atoms with E-state index in [2.05, 4.69) is 17.2 Å². The zero-order valence-electron chi connectivity index (χ0n) is 12.2. The van der Waals surface area contributed by atoms with Gasteiger partial charge in [-0.1, -0.05) is 12.2 Å². The smallest absolute Gasteiger partial charge is 0.315 e. The zero-order chi connectivity index (χ0) is 16.0. The molecule has 2 atom stereocenters. The van der Waals surface area contributed by atoms with Crippen LogP contribution in [0.5, 0.6) is 0 Å². The first kappa shape index (κ1) is 17.4. The fourth-order valence-corrected chi connectivity index (χ4v) is 2.10. The molecule has 1 aliphatic rings. The molecule has 4 nitrogen and oxygen atoms in total. The van der Waals surface area contributed by atoms with Gasteiger partial charge in [0.15, 0.2) is 0 Å². The molecule has 1 fully saturated rings. The number of amides is 2. The van der Waals surface area contributed by atoms with E-state index in [4.69, 9.17) is 4.74 Å². The standard InChI is InChI=1S/C14H21F3N2O2/c1-9(6-10(2)21-11(3)15)8-18-13(20)19-12-4-5-14(16,17)7-12/h6,11-12H,2,4-5,7-8H2,1,3H3,(H2,18,19,20)/b9-6+. The van der Waals surface area contributed by atoms with Crippen molar-refractivity contribution < 1.29 is 22.7 Å². The Morgan fingerprint density at radius 2 is 2.24 bits per heavy atom. The second kappa shape index (κ2) is 7.38. The molecule has 0 bridgehead atoms. The number of halogens is 3. The van der Waals surface area contributed by atoms with Crippen molar-refractivity contribution in [2.24, 2.45) is 0 Å². The number of nitrogens with one attached hydrogen (secondary N) is 2. The number of rotatable bonds is 6. The molecule has 0 saturated heterocycles. The number of hydrogen-bond donors (Lipinski definition) is 2. The van der Waals surface area contributed by atoms with Crippen LogP contribution in [0.4, 0.5) is 18.0 Å². The van der Waals surface area contributed by atoms with Crippen molar-refractivity contribution in [1.82, 2.24) is 10.6 Å². The Bertz CT molecular complexity index is 422. The lowest BCUT2D eigenvalue weighted by atomic mass is 10.2. The van der Waals surface area contributed by atoms with E-state index in [1.807, 2.05) is 0 Å². The van der Waals surface area contributed by atoms with Gasteiger partial charge in [-0.15, -0.1) is 0 Å². The Kier molecular flexibility index (Phi) is 6.11. The Morgan fingerprint density at radius 3 is 2.76 bits per heavy atom. The second-order valence-corrected chi connectivity index (χ2v) is 5.24. The largest absolute Gasteiger partial charge is 0.461 e. The molecule has 0 radical (unpaired) electrons. The first-order valence-electron chi connectivity index (χ1n) is 6.77. The van der Waals surface area contributed by atoms with Gasteiger partial charge in [0.25, 0.3) is 0 Å². The van der Waals surface area contributed by atoms with E-state index in [9.17, 15) is 18.0 Å². The molecule has 1 saturated carbocycles. The molecule has 0 spiro atoms. The van der Waals surface area contributed by atoms with Crippen LogP contribution in [0.1, 0.15) is 33.1 Å². The lowest BCUT2D eigenvalue weighted by Gasteiger charge is -2.14. The monoisotopic (exact) mass is 306 g/mol. The van der Waals surface area contributed by atoms with Crippen LogP contribution in [0.2, 0.25) is 0 Å². The van der Waals surface area contributed by atoms with Crippen LogP contribution in [0.15, 0.2) is 24.0 Å². The lowest BCUT2D eigenvalue weighted by molar-refractivity contribution is 0.00730. The second-order valence-electron chi connectivity index (χ2n) is 5.24. The van der Waals surface area contributed by atoms with Crippen LogP contribution < -0.4 is 10.6 Å². The molecular formula is C14H21F3N2O2. The van der Waals surface area contributed by atoms with E-state index in [1.165, 1.54) is 13.0 Å². The normalized spacial score (nSPS) is 22.5. The molecule has 7 heteroatoms. The Labute approximate surface area is 122 Å². The fraction of sp³-hybridized carbons (Fsp3) is 0.643. The van der Waals surface area contributed by atoms with Crippen molar-refractivity contribution in [3.63, 3.8) is 0 Å². The highest BCUT2D eigenvalue weighted by Gasteiger charge is 2.39. The summed E-state index contributed by atoms with van der Waals surface area (Å²) in [5.74, 6) is -2.54. The Hall–Kier alpha value is -1.66. The summed E-state index contributed by atoms with van der Waals surface area (Å²) < 4.78 is 43.2. The Balaban J connectivity index is 2.29. The van der Waals surface area contributed by atoms with Gasteiger partial charge in [0.2, 0.25) is 12.3 Å². The van der Waals surface area contributed by atoms with E-state index in [0.717, 1.165) is 0 Å². The van der Waals surface area contributed by atoms with Crippen molar-refractivity contribution in [2.45, 2.75) is 51.4 Å². The van der Waals surface area contributed by atoms with Gasteiger partial charge >= 0.3 is 6.03 Å². The molecule has 2 unspecified atom stereocenters. The predicted molar refractivity (Wildman–Crippen MR) is 73.7 cm³/mol. The zero-order valence-corrected chi connectivity index (χ0v) is 12.2. The first-order valence-corrected chi connectivity index (χ1v) is 6.77. The van der Waals surface area contributed by atoms with Gasteiger partial charge in [-0.2, -0.15) is 0 Å².